The summed E-state index contributed by atoms with van der Waals surface area (Å²) in [6, 6.07) is 3.90. The van der Waals surface area contributed by atoms with Gasteiger partial charge in [0.15, 0.2) is 0 Å². The van der Waals surface area contributed by atoms with Gasteiger partial charge in [-0.05, 0) is 57.0 Å². The van der Waals surface area contributed by atoms with Crippen LogP contribution < -0.4 is 20.5 Å². The van der Waals surface area contributed by atoms with Gasteiger partial charge in [-0.3, -0.25) is 14.3 Å². The van der Waals surface area contributed by atoms with Gasteiger partial charge in [0, 0.05) is 35.3 Å². The van der Waals surface area contributed by atoms with E-state index in [1.807, 2.05) is 30.9 Å². The van der Waals surface area contributed by atoms with Crippen molar-refractivity contribution in [2.45, 2.75) is 64.1 Å². The van der Waals surface area contributed by atoms with Crippen LogP contribution in [0.5, 0.6) is 11.6 Å². The van der Waals surface area contributed by atoms with Crippen LogP contribution in [0.3, 0.4) is 0 Å². The molecule has 2 fully saturated rings. The number of rotatable bonds is 8. The van der Waals surface area contributed by atoms with Crippen LogP contribution in [0, 0.1) is 0 Å². The molecule has 2 aliphatic rings. The predicted octanol–water partition coefficient (Wildman–Crippen LogP) is 3.37. The number of pyridine rings is 1. The summed E-state index contributed by atoms with van der Waals surface area (Å²) in [6.45, 7) is 4.09. The van der Waals surface area contributed by atoms with Gasteiger partial charge in [0.05, 0.1) is 29.9 Å². The third-order valence-electron chi connectivity index (χ3n) is 6.45. The number of nitrogens with zero attached hydrogens (tertiary/aromatic N) is 3. The van der Waals surface area contributed by atoms with Gasteiger partial charge in [-0.1, -0.05) is 0 Å². The Labute approximate surface area is 197 Å². The first-order valence-corrected chi connectivity index (χ1v) is 11.8. The standard InChI is InChI=1S/C25H29N5O4/c1-14(2)34-22-9-19-18(8-20(22)24(26)32)21(15-10-28-30(12-15)17-4-3-5-17)11-27-25(19)33-13-16-6-7-23(31)29-16/h8-12,14,16-17H,3-7,13H2,1-2H3,(H2,26,32)(H,29,31)/t16-/m0/s1. The molecule has 1 aliphatic carbocycles. The summed E-state index contributed by atoms with van der Waals surface area (Å²) >= 11 is 0. The highest BCUT2D eigenvalue weighted by Gasteiger charge is 2.24. The lowest BCUT2D eigenvalue weighted by Gasteiger charge is -2.25. The number of carbonyl (C=O) groups excluding carboxylic acids is 2. The normalized spacial score (nSPS) is 18.2. The number of nitrogens with two attached hydrogens (primary N) is 1. The first kappa shape index (κ1) is 22.2. The minimum atomic E-state index is -0.568. The summed E-state index contributed by atoms with van der Waals surface area (Å²) in [7, 11) is 0. The Balaban J connectivity index is 1.59. The second kappa shape index (κ2) is 8.96. The van der Waals surface area contributed by atoms with Crippen molar-refractivity contribution in [2.24, 2.45) is 5.73 Å². The van der Waals surface area contributed by atoms with Crippen LogP contribution in [0.25, 0.3) is 21.9 Å². The van der Waals surface area contributed by atoms with E-state index in [1.54, 1.807) is 18.3 Å². The fourth-order valence-corrected chi connectivity index (χ4v) is 4.44. The third kappa shape index (κ3) is 4.30. The van der Waals surface area contributed by atoms with E-state index in [9.17, 15) is 9.59 Å². The summed E-state index contributed by atoms with van der Waals surface area (Å²) in [5, 5.41) is 8.95. The molecule has 1 saturated heterocycles. The minimum absolute atomic E-state index is 0.0314. The zero-order valence-electron chi connectivity index (χ0n) is 19.4. The fraction of sp³-hybridized carbons (Fsp3) is 0.440. The molecule has 9 heteroatoms. The number of nitrogens with one attached hydrogen (secondary N) is 1. The summed E-state index contributed by atoms with van der Waals surface area (Å²) in [4.78, 5) is 28.4. The van der Waals surface area contributed by atoms with Crippen LogP contribution in [0.2, 0.25) is 0 Å². The number of benzene rings is 1. The number of fused-ring (bicyclic) bond motifs is 1. The predicted molar refractivity (Wildman–Crippen MR) is 127 cm³/mol. The SMILES string of the molecule is CC(C)Oc1cc2c(OC[C@@H]3CCC(=O)N3)ncc(-c3cnn(C4CCC4)c3)c2cc1C(N)=O. The zero-order chi connectivity index (χ0) is 23.8. The number of primary amides is 1. The van der Waals surface area contributed by atoms with E-state index in [1.165, 1.54) is 6.42 Å². The van der Waals surface area contributed by atoms with Crippen molar-refractivity contribution < 1.29 is 19.1 Å². The lowest BCUT2D eigenvalue weighted by atomic mass is 9.93. The molecule has 0 radical (unpaired) electrons. The maximum Gasteiger partial charge on any atom is 0.252 e. The average Bonchev–Trinajstić information content (AvgIpc) is 3.39. The molecule has 0 unspecified atom stereocenters. The minimum Gasteiger partial charge on any atom is -0.490 e. The molecule has 34 heavy (non-hydrogen) atoms. The smallest absolute Gasteiger partial charge is 0.252 e. The van der Waals surface area contributed by atoms with E-state index < -0.39 is 5.91 Å². The van der Waals surface area contributed by atoms with Crippen LogP contribution >= 0.6 is 0 Å². The largest absolute Gasteiger partial charge is 0.490 e. The van der Waals surface area contributed by atoms with Crippen molar-refractivity contribution in [3.05, 3.63) is 36.3 Å². The molecule has 0 spiro atoms. The Morgan fingerprint density at radius 3 is 2.71 bits per heavy atom. The number of amides is 2. The highest BCUT2D eigenvalue weighted by atomic mass is 16.5. The highest BCUT2D eigenvalue weighted by molar-refractivity contribution is 6.06. The first-order chi connectivity index (χ1) is 16.4. The molecule has 3 heterocycles. The molecule has 178 valence electrons. The molecule has 1 saturated carbocycles. The summed E-state index contributed by atoms with van der Waals surface area (Å²) in [6.07, 6.45) is 10.1. The van der Waals surface area contributed by atoms with E-state index in [2.05, 4.69) is 15.4 Å². The maximum atomic E-state index is 12.3. The lowest BCUT2D eigenvalue weighted by Crippen LogP contribution is -2.31. The Morgan fingerprint density at radius 1 is 1.24 bits per heavy atom. The van der Waals surface area contributed by atoms with Gasteiger partial charge in [0.25, 0.3) is 5.91 Å². The van der Waals surface area contributed by atoms with Crippen LogP contribution in [0.1, 0.15) is 62.4 Å². The zero-order valence-corrected chi connectivity index (χ0v) is 19.4. The Kier molecular flexibility index (Phi) is 5.85. The van der Waals surface area contributed by atoms with E-state index in [-0.39, 0.29) is 18.1 Å². The Morgan fingerprint density at radius 2 is 2.06 bits per heavy atom. The monoisotopic (exact) mass is 463 g/mol. The van der Waals surface area contributed by atoms with Gasteiger partial charge in [-0.25, -0.2) is 4.98 Å². The third-order valence-corrected chi connectivity index (χ3v) is 6.45. The quantitative estimate of drug-likeness (QED) is 0.528. The molecule has 3 N–H and O–H groups in total. The summed E-state index contributed by atoms with van der Waals surface area (Å²) in [5.74, 6) is 0.264. The van der Waals surface area contributed by atoms with Crippen molar-refractivity contribution in [1.29, 1.82) is 0 Å². The molecule has 5 rings (SSSR count). The van der Waals surface area contributed by atoms with E-state index >= 15 is 0 Å². The molecule has 9 nitrogen and oxygen atoms in total. The van der Waals surface area contributed by atoms with Crippen LogP contribution in [0.15, 0.2) is 30.7 Å². The van der Waals surface area contributed by atoms with Gasteiger partial charge in [-0.2, -0.15) is 5.10 Å². The number of hydrogen-bond acceptors (Lipinski definition) is 6. The molecule has 3 aromatic rings. The topological polar surface area (TPSA) is 121 Å². The van der Waals surface area contributed by atoms with Gasteiger partial charge in [0.1, 0.15) is 12.4 Å². The number of aromatic nitrogens is 3. The first-order valence-electron chi connectivity index (χ1n) is 11.8. The van der Waals surface area contributed by atoms with Crippen LogP contribution in [-0.2, 0) is 4.79 Å². The fourth-order valence-electron chi connectivity index (χ4n) is 4.44. The van der Waals surface area contributed by atoms with Crippen molar-refractivity contribution in [1.82, 2.24) is 20.1 Å². The molecule has 2 amide bonds. The second-order valence-electron chi connectivity index (χ2n) is 9.31. The lowest BCUT2D eigenvalue weighted by molar-refractivity contribution is -0.119. The molecular formula is C25H29N5O4. The summed E-state index contributed by atoms with van der Waals surface area (Å²) in [5.41, 5.74) is 7.75. The highest BCUT2D eigenvalue weighted by Crippen LogP contribution is 2.38. The second-order valence-corrected chi connectivity index (χ2v) is 9.31. The molecule has 2 aromatic heterocycles. The van der Waals surface area contributed by atoms with Gasteiger partial charge in [-0.15, -0.1) is 0 Å². The van der Waals surface area contributed by atoms with Gasteiger partial charge < -0.3 is 20.5 Å². The van der Waals surface area contributed by atoms with Crippen LogP contribution in [0.4, 0.5) is 0 Å². The van der Waals surface area contributed by atoms with Crippen molar-refractivity contribution in [3.8, 4) is 22.8 Å². The van der Waals surface area contributed by atoms with Crippen molar-refractivity contribution >= 4 is 22.6 Å². The molecule has 1 atom stereocenters. The maximum absolute atomic E-state index is 12.3. The van der Waals surface area contributed by atoms with Crippen LogP contribution in [-0.4, -0.2) is 45.3 Å². The molecule has 1 aromatic carbocycles. The van der Waals surface area contributed by atoms with E-state index in [0.717, 1.165) is 35.8 Å². The Bertz CT molecular complexity index is 1250. The van der Waals surface area contributed by atoms with Gasteiger partial charge >= 0.3 is 0 Å². The van der Waals surface area contributed by atoms with Gasteiger partial charge in [0.2, 0.25) is 11.8 Å². The van der Waals surface area contributed by atoms with Crippen molar-refractivity contribution in [2.75, 3.05) is 6.61 Å². The molecular weight excluding hydrogens is 434 g/mol. The number of carbonyl (C=O) groups is 2. The molecule has 0 bridgehead atoms. The molecule has 1 aliphatic heterocycles. The Hall–Kier alpha value is -3.62. The average molecular weight is 464 g/mol. The number of ether oxygens (including phenoxy) is 2. The van der Waals surface area contributed by atoms with E-state index in [0.29, 0.717) is 41.6 Å². The van der Waals surface area contributed by atoms with E-state index in [4.69, 9.17) is 15.2 Å². The summed E-state index contributed by atoms with van der Waals surface area (Å²) < 4.78 is 14.0. The van der Waals surface area contributed by atoms with Crippen molar-refractivity contribution in [3.63, 3.8) is 0 Å². The number of hydrogen-bond donors (Lipinski definition) is 2.